The summed E-state index contributed by atoms with van der Waals surface area (Å²) in [5.74, 6) is 0.978. The summed E-state index contributed by atoms with van der Waals surface area (Å²) in [4.78, 5) is 13.6. The molecule has 0 bridgehead atoms. The van der Waals surface area contributed by atoms with Crippen LogP contribution in [0.5, 0.6) is 0 Å². The fraction of sp³-hybridized carbons (Fsp3) is 0.235. The molecule has 1 amide bonds. The van der Waals surface area contributed by atoms with Gasteiger partial charge in [-0.05, 0) is 49.2 Å². The van der Waals surface area contributed by atoms with Crippen LogP contribution in [-0.4, -0.2) is 11.7 Å². The van der Waals surface area contributed by atoms with E-state index in [0.29, 0.717) is 10.6 Å². The smallest absolute Gasteiger partial charge is 0.251 e. The first-order chi connectivity index (χ1) is 10.1. The van der Waals surface area contributed by atoms with Gasteiger partial charge in [-0.1, -0.05) is 29.3 Å². The van der Waals surface area contributed by atoms with Crippen molar-refractivity contribution in [1.82, 2.24) is 5.32 Å². The van der Waals surface area contributed by atoms with E-state index in [0.717, 1.165) is 23.3 Å². The van der Waals surface area contributed by atoms with Gasteiger partial charge in [-0.25, -0.2) is 0 Å². The average molecular weight is 318 g/mol. The van der Waals surface area contributed by atoms with Crippen LogP contribution in [0, 0.1) is 6.92 Å². The Morgan fingerprint density at radius 1 is 1.24 bits per heavy atom. The van der Waals surface area contributed by atoms with Crippen molar-refractivity contribution >= 4 is 29.3 Å². The van der Waals surface area contributed by atoms with Crippen LogP contribution < -0.4 is 5.32 Å². The molecule has 21 heavy (non-hydrogen) atoms. The first-order valence-corrected chi connectivity index (χ1v) is 8.29. The zero-order chi connectivity index (χ0) is 14.8. The van der Waals surface area contributed by atoms with Crippen molar-refractivity contribution in [3.8, 4) is 0 Å². The summed E-state index contributed by atoms with van der Waals surface area (Å²) in [6.07, 6.45) is 0.926. The maximum absolute atomic E-state index is 12.4. The highest BCUT2D eigenvalue weighted by Crippen LogP contribution is 2.37. The van der Waals surface area contributed by atoms with Crippen LogP contribution in [0.4, 0.5) is 0 Å². The minimum Gasteiger partial charge on any atom is -0.345 e. The van der Waals surface area contributed by atoms with E-state index in [2.05, 4.69) is 5.32 Å². The molecule has 2 aromatic rings. The van der Waals surface area contributed by atoms with Gasteiger partial charge in [-0.15, -0.1) is 11.8 Å². The molecule has 1 aliphatic rings. The quantitative estimate of drug-likeness (QED) is 0.876. The van der Waals surface area contributed by atoms with Gasteiger partial charge in [0.25, 0.3) is 5.91 Å². The van der Waals surface area contributed by atoms with E-state index in [4.69, 9.17) is 11.6 Å². The van der Waals surface area contributed by atoms with E-state index in [1.807, 2.05) is 61.2 Å². The summed E-state index contributed by atoms with van der Waals surface area (Å²) in [5, 5.41) is 3.84. The molecule has 1 aliphatic heterocycles. The van der Waals surface area contributed by atoms with E-state index in [1.54, 1.807) is 0 Å². The highest BCUT2D eigenvalue weighted by Gasteiger charge is 2.23. The fourth-order valence-electron chi connectivity index (χ4n) is 2.46. The molecule has 2 nitrogen and oxygen atoms in total. The van der Waals surface area contributed by atoms with Crippen LogP contribution in [0.25, 0.3) is 0 Å². The van der Waals surface area contributed by atoms with Gasteiger partial charge in [0.2, 0.25) is 0 Å². The maximum atomic E-state index is 12.4. The fourth-order valence-corrected chi connectivity index (χ4v) is 3.75. The Balaban J connectivity index is 1.81. The first kappa shape index (κ1) is 14.5. The molecule has 1 N–H and O–H groups in total. The minimum atomic E-state index is -0.0298. The summed E-state index contributed by atoms with van der Waals surface area (Å²) in [7, 11) is 0. The van der Waals surface area contributed by atoms with Crippen LogP contribution >= 0.6 is 23.4 Å². The normalized spacial score (nSPS) is 17.1. The lowest BCUT2D eigenvalue weighted by Crippen LogP contribution is -2.30. The molecule has 0 spiro atoms. The monoisotopic (exact) mass is 317 g/mol. The van der Waals surface area contributed by atoms with Crippen LogP contribution in [0.2, 0.25) is 5.02 Å². The number of halogens is 1. The predicted octanol–water partition coefficient (Wildman–Crippen LogP) is 4.62. The SMILES string of the molecule is Cc1ccc(C(=O)NC2CCSc3ccc(Cl)cc32)cc1. The molecule has 0 aliphatic carbocycles. The van der Waals surface area contributed by atoms with Crippen molar-refractivity contribution in [3.63, 3.8) is 0 Å². The molecule has 0 fully saturated rings. The number of amides is 1. The second kappa shape index (κ2) is 6.12. The summed E-state index contributed by atoms with van der Waals surface area (Å²) >= 11 is 7.91. The lowest BCUT2D eigenvalue weighted by atomic mass is 10.0. The number of thioether (sulfide) groups is 1. The zero-order valence-corrected chi connectivity index (χ0v) is 13.3. The summed E-state index contributed by atoms with van der Waals surface area (Å²) in [6, 6.07) is 13.6. The molecule has 4 heteroatoms. The number of carbonyl (C=O) groups is 1. The second-order valence-electron chi connectivity index (χ2n) is 5.21. The maximum Gasteiger partial charge on any atom is 0.251 e. The Bertz CT molecular complexity index is 669. The lowest BCUT2D eigenvalue weighted by molar-refractivity contribution is 0.0935. The number of carbonyl (C=O) groups excluding carboxylic acids is 1. The van der Waals surface area contributed by atoms with Crippen LogP contribution in [0.15, 0.2) is 47.4 Å². The zero-order valence-electron chi connectivity index (χ0n) is 11.7. The van der Waals surface area contributed by atoms with Crippen LogP contribution in [-0.2, 0) is 0 Å². The second-order valence-corrected chi connectivity index (χ2v) is 6.78. The van der Waals surface area contributed by atoms with Gasteiger partial charge in [0, 0.05) is 21.2 Å². The predicted molar refractivity (Wildman–Crippen MR) is 88.2 cm³/mol. The Kier molecular flexibility index (Phi) is 4.22. The molecule has 2 aromatic carbocycles. The van der Waals surface area contributed by atoms with E-state index in [1.165, 1.54) is 4.90 Å². The van der Waals surface area contributed by atoms with Crippen molar-refractivity contribution in [1.29, 1.82) is 0 Å². The Hall–Kier alpha value is -1.45. The highest BCUT2D eigenvalue weighted by atomic mass is 35.5. The molecule has 1 unspecified atom stereocenters. The van der Waals surface area contributed by atoms with Gasteiger partial charge >= 0.3 is 0 Å². The lowest BCUT2D eigenvalue weighted by Gasteiger charge is -2.26. The molecule has 1 heterocycles. The van der Waals surface area contributed by atoms with Gasteiger partial charge in [0.05, 0.1) is 6.04 Å². The van der Waals surface area contributed by atoms with Gasteiger partial charge < -0.3 is 5.32 Å². The average Bonchev–Trinajstić information content (AvgIpc) is 2.48. The minimum absolute atomic E-state index is 0.0298. The Morgan fingerprint density at radius 2 is 2.00 bits per heavy atom. The number of benzene rings is 2. The van der Waals surface area contributed by atoms with Crippen LogP contribution in [0.3, 0.4) is 0 Å². The third-order valence-corrected chi connectivity index (χ3v) is 4.99. The highest BCUT2D eigenvalue weighted by molar-refractivity contribution is 7.99. The van der Waals surface area contributed by atoms with E-state index in [9.17, 15) is 4.79 Å². The van der Waals surface area contributed by atoms with Crippen molar-refractivity contribution in [2.75, 3.05) is 5.75 Å². The first-order valence-electron chi connectivity index (χ1n) is 6.93. The molecule has 0 saturated heterocycles. The molecule has 108 valence electrons. The third-order valence-electron chi connectivity index (χ3n) is 3.63. The third kappa shape index (κ3) is 3.25. The van der Waals surface area contributed by atoms with Crippen LogP contribution in [0.1, 0.15) is 33.9 Å². The van der Waals surface area contributed by atoms with Gasteiger partial charge in [-0.2, -0.15) is 0 Å². The molecule has 0 aromatic heterocycles. The Morgan fingerprint density at radius 3 is 2.76 bits per heavy atom. The molecule has 3 rings (SSSR count). The van der Waals surface area contributed by atoms with Crippen molar-refractivity contribution in [2.45, 2.75) is 24.3 Å². The standard InChI is InChI=1S/C17H16ClNOS/c1-11-2-4-12(5-3-11)17(20)19-15-8-9-21-16-7-6-13(18)10-14(15)16/h2-7,10,15H,8-9H2,1H3,(H,19,20). The summed E-state index contributed by atoms with van der Waals surface area (Å²) < 4.78 is 0. The molecular weight excluding hydrogens is 302 g/mol. The van der Waals surface area contributed by atoms with E-state index in [-0.39, 0.29) is 11.9 Å². The van der Waals surface area contributed by atoms with Gasteiger partial charge in [0.15, 0.2) is 0 Å². The van der Waals surface area contributed by atoms with E-state index >= 15 is 0 Å². The molecular formula is C17H16ClNOS. The molecule has 0 saturated carbocycles. The molecule has 0 radical (unpaired) electrons. The number of hydrogen-bond acceptors (Lipinski definition) is 2. The number of hydrogen-bond donors (Lipinski definition) is 1. The summed E-state index contributed by atoms with van der Waals surface area (Å²) in [6.45, 7) is 2.01. The van der Waals surface area contributed by atoms with Crippen molar-refractivity contribution in [2.24, 2.45) is 0 Å². The van der Waals surface area contributed by atoms with Crippen molar-refractivity contribution < 1.29 is 4.79 Å². The summed E-state index contributed by atoms with van der Waals surface area (Å²) in [5.41, 5.74) is 2.97. The van der Waals surface area contributed by atoms with Gasteiger partial charge in [-0.3, -0.25) is 4.79 Å². The Labute approximate surface area is 133 Å². The van der Waals surface area contributed by atoms with Gasteiger partial charge in [0.1, 0.15) is 0 Å². The number of nitrogens with one attached hydrogen (secondary N) is 1. The van der Waals surface area contributed by atoms with Crippen molar-refractivity contribution in [3.05, 3.63) is 64.2 Å². The number of rotatable bonds is 2. The largest absolute Gasteiger partial charge is 0.345 e. The topological polar surface area (TPSA) is 29.1 Å². The number of fused-ring (bicyclic) bond motifs is 1. The number of aryl methyl sites for hydroxylation is 1. The molecule has 1 atom stereocenters. The van der Waals surface area contributed by atoms with E-state index < -0.39 is 0 Å².